The highest BCUT2D eigenvalue weighted by atomic mass is 16.3. The van der Waals surface area contributed by atoms with Crippen LogP contribution in [0.25, 0.3) is 0 Å². The topological polar surface area (TPSA) is 91.7 Å². The van der Waals surface area contributed by atoms with Gasteiger partial charge in [0.2, 0.25) is 11.8 Å². The van der Waals surface area contributed by atoms with Crippen molar-refractivity contribution in [2.75, 3.05) is 20.1 Å². The van der Waals surface area contributed by atoms with Crippen molar-refractivity contribution < 1.29 is 18.8 Å². The number of carbonyl (C=O) groups is 3. The fourth-order valence-corrected chi connectivity index (χ4v) is 3.47. The second-order valence-electron chi connectivity index (χ2n) is 6.91. The molecule has 7 heteroatoms. The number of hydrogen-bond donors (Lipinski definition) is 2. The first-order chi connectivity index (χ1) is 13.6. The van der Waals surface area contributed by atoms with E-state index in [1.807, 2.05) is 30.3 Å². The molecule has 0 saturated carbocycles. The summed E-state index contributed by atoms with van der Waals surface area (Å²) in [5, 5.41) is 5.47. The summed E-state index contributed by atoms with van der Waals surface area (Å²) in [4.78, 5) is 39.1. The van der Waals surface area contributed by atoms with Gasteiger partial charge in [-0.25, -0.2) is 0 Å². The molecule has 3 rings (SSSR count). The van der Waals surface area contributed by atoms with Crippen LogP contribution in [-0.2, 0) is 16.0 Å². The molecule has 148 valence electrons. The van der Waals surface area contributed by atoms with Crippen molar-refractivity contribution in [1.29, 1.82) is 0 Å². The molecular formula is C21H25N3O4. The molecule has 1 aromatic carbocycles. The number of nitrogens with zero attached hydrogens (tertiary/aromatic N) is 1. The van der Waals surface area contributed by atoms with Gasteiger partial charge in [0.05, 0.1) is 6.26 Å². The molecule has 1 aliphatic heterocycles. The molecule has 1 unspecified atom stereocenters. The molecule has 1 saturated heterocycles. The Balaban J connectivity index is 1.69. The summed E-state index contributed by atoms with van der Waals surface area (Å²) in [7, 11) is 1.62. The smallest absolute Gasteiger partial charge is 0.287 e. The summed E-state index contributed by atoms with van der Waals surface area (Å²) < 4.78 is 5.14. The molecule has 1 aromatic heterocycles. The highest BCUT2D eigenvalue weighted by molar-refractivity contribution is 5.95. The largest absolute Gasteiger partial charge is 0.459 e. The number of benzene rings is 1. The summed E-state index contributed by atoms with van der Waals surface area (Å²) in [5.41, 5.74) is 0.959. The Morgan fingerprint density at radius 3 is 2.43 bits per heavy atom. The van der Waals surface area contributed by atoms with Crippen LogP contribution in [0.1, 0.15) is 29.0 Å². The number of furan rings is 1. The lowest BCUT2D eigenvalue weighted by molar-refractivity contribution is -0.137. The molecule has 0 aliphatic carbocycles. The first-order valence-corrected chi connectivity index (χ1v) is 9.47. The Morgan fingerprint density at radius 2 is 1.82 bits per heavy atom. The maximum absolute atomic E-state index is 13.1. The number of carbonyl (C=O) groups excluding carboxylic acids is 3. The quantitative estimate of drug-likeness (QED) is 0.793. The predicted octanol–water partition coefficient (Wildman–Crippen LogP) is 1.61. The Bertz CT molecular complexity index is 796. The van der Waals surface area contributed by atoms with E-state index < -0.39 is 11.9 Å². The second kappa shape index (κ2) is 9.21. The monoisotopic (exact) mass is 383 g/mol. The molecule has 28 heavy (non-hydrogen) atoms. The third-order valence-electron chi connectivity index (χ3n) is 5.05. The van der Waals surface area contributed by atoms with Gasteiger partial charge >= 0.3 is 0 Å². The highest BCUT2D eigenvalue weighted by Gasteiger charge is 2.31. The van der Waals surface area contributed by atoms with Gasteiger partial charge in [0, 0.05) is 32.5 Å². The summed E-state index contributed by atoms with van der Waals surface area (Å²) in [6, 6.07) is 12.1. The van der Waals surface area contributed by atoms with E-state index >= 15 is 0 Å². The lowest BCUT2D eigenvalue weighted by atomic mass is 9.95. The van der Waals surface area contributed by atoms with Crippen LogP contribution >= 0.6 is 0 Å². The molecule has 2 heterocycles. The minimum Gasteiger partial charge on any atom is -0.459 e. The van der Waals surface area contributed by atoms with Crippen LogP contribution in [0.15, 0.2) is 53.1 Å². The normalized spacial score (nSPS) is 15.7. The summed E-state index contributed by atoms with van der Waals surface area (Å²) in [6.45, 7) is 0.998. The van der Waals surface area contributed by atoms with E-state index in [-0.39, 0.29) is 23.5 Å². The molecule has 0 bridgehead atoms. The first kappa shape index (κ1) is 19.7. The average molecular weight is 383 g/mol. The van der Waals surface area contributed by atoms with Crippen molar-refractivity contribution in [3.63, 3.8) is 0 Å². The van der Waals surface area contributed by atoms with Gasteiger partial charge in [-0.1, -0.05) is 30.3 Å². The lowest BCUT2D eigenvalue weighted by Crippen LogP contribution is -2.52. The number of rotatable bonds is 6. The molecule has 0 radical (unpaired) electrons. The fraction of sp³-hybridized carbons (Fsp3) is 0.381. The van der Waals surface area contributed by atoms with Crippen LogP contribution in [-0.4, -0.2) is 48.8 Å². The van der Waals surface area contributed by atoms with Gasteiger partial charge in [-0.15, -0.1) is 0 Å². The average Bonchev–Trinajstić information content (AvgIpc) is 3.28. The van der Waals surface area contributed by atoms with E-state index in [9.17, 15) is 14.4 Å². The van der Waals surface area contributed by atoms with Crippen molar-refractivity contribution in [2.45, 2.75) is 25.3 Å². The lowest BCUT2D eigenvalue weighted by Gasteiger charge is -2.33. The number of piperidine rings is 1. The zero-order valence-corrected chi connectivity index (χ0v) is 15.9. The van der Waals surface area contributed by atoms with Gasteiger partial charge in [-0.05, 0) is 30.5 Å². The van der Waals surface area contributed by atoms with Crippen LogP contribution in [0.5, 0.6) is 0 Å². The molecule has 1 atom stereocenters. The molecule has 1 fully saturated rings. The summed E-state index contributed by atoms with van der Waals surface area (Å²) in [6.07, 6.45) is 3.05. The minimum absolute atomic E-state index is 0.0130. The maximum Gasteiger partial charge on any atom is 0.287 e. The highest BCUT2D eigenvalue weighted by Crippen LogP contribution is 2.19. The maximum atomic E-state index is 13.1. The fourth-order valence-electron chi connectivity index (χ4n) is 3.47. The van der Waals surface area contributed by atoms with Crippen molar-refractivity contribution >= 4 is 17.7 Å². The van der Waals surface area contributed by atoms with Gasteiger partial charge in [-0.2, -0.15) is 0 Å². The van der Waals surface area contributed by atoms with Gasteiger partial charge in [-0.3, -0.25) is 14.4 Å². The van der Waals surface area contributed by atoms with E-state index in [0.717, 1.165) is 5.56 Å². The Hall–Kier alpha value is -3.09. The van der Waals surface area contributed by atoms with E-state index in [2.05, 4.69) is 10.6 Å². The van der Waals surface area contributed by atoms with Crippen LogP contribution in [0, 0.1) is 5.92 Å². The van der Waals surface area contributed by atoms with E-state index in [1.54, 1.807) is 24.1 Å². The van der Waals surface area contributed by atoms with E-state index in [0.29, 0.717) is 32.4 Å². The van der Waals surface area contributed by atoms with Gasteiger partial charge in [0.15, 0.2) is 5.76 Å². The summed E-state index contributed by atoms with van der Waals surface area (Å²) >= 11 is 0. The zero-order chi connectivity index (χ0) is 19.9. The van der Waals surface area contributed by atoms with Crippen LogP contribution in [0.3, 0.4) is 0 Å². The second-order valence-corrected chi connectivity index (χ2v) is 6.91. The van der Waals surface area contributed by atoms with Crippen molar-refractivity contribution in [1.82, 2.24) is 15.5 Å². The van der Waals surface area contributed by atoms with Crippen molar-refractivity contribution in [2.24, 2.45) is 5.92 Å². The molecule has 7 nitrogen and oxygen atoms in total. The van der Waals surface area contributed by atoms with Gasteiger partial charge < -0.3 is 20.0 Å². The zero-order valence-electron chi connectivity index (χ0n) is 15.9. The molecule has 0 spiro atoms. The number of likely N-dealkylation sites (tertiary alicyclic amines) is 1. The SMILES string of the molecule is CNC(=O)C1CCN(C(=O)C(Cc2ccccc2)NC(=O)c2ccco2)CC1. The Labute approximate surface area is 164 Å². The van der Waals surface area contributed by atoms with E-state index in [4.69, 9.17) is 4.42 Å². The summed E-state index contributed by atoms with van der Waals surface area (Å²) in [5.74, 6) is -0.443. The minimum atomic E-state index is -0.698. The molecular weight excluding hydrogens is 358 g/mol. The van der Waals surface area contributed by atoms with E-state index in [1.165, 1.54) is 6.26 Å². The van der Waals surface area contributed by atoms with Gasteiger partial charge in [0.1, 0.15) is 6.04 Å². The third-order valence-corrected chi connectivity index (χ3v) is 5.05. The molecule has 3 amide bonds. The first-order valence-electron chi connectivity index (χ1n) is 9.47. The predicted molar refractivity (Wildman–Crippen MR) is 103 cm³/mol. The van der Waals surface area contributed by atoms with Crippen LogP contribution in [0.4, 0.5) is 0 Å². The van der Waals surface area contributed by atoms with Crippen LogP contribution < -0.4 is 10.6 Å². The van der Waals surface area contributed by atoms with Crippen molar-refractivity contribution in [3.05, 3.63) is 60.1 Å². The number of amides is 3. The van der Waals surface area contributed by atoms with Gasteiger partial charge in [0.25, 0.3) is 5.91 Å². The molecule has 2 N–H and O–H groups in total. The Kier molecular flexibility index (Phi) is 6.47. The third kappa shape index (κ3) is 4.79. The number of hydrogen-bond acceptors (Lipinski definition) is 4. The standard InChI is InChI=1S/C21H25N3O4/c1-22-19(25)16-9-11-24(12-10-16)21(27)17(14-15-6-3-2-4-7-15)23-20(26)18-8-5-13-28-18/h2-8,13,16-17H,9-12,14H2,1H3,(H,22,25)(H,23,26). The van der Waals surface area contributed by atoms with Crippen LogP contribution in [0.2, 0.25) is 0 Å². The Morgan fingerprint density at radius 1 is 1.11 bits per heavy atom. The molecule has 1 aliphatic rings. The molecule has 2 aromatic rings. The van der Waals surface area contributed by atoms with Crippen molar-refractivity contribution in [3.8, 4) is 0 Å². The number of nitrogens with one attached hydrogen (secondary N) is 2.